The SMILES string of the molecule is C1COC(P(C2CNCCO2)C2CNCCO2)CN1. The summed E-state index contributed by atoms with van der Waals surface area (Å²) in [5.41, 5.74) is 0. The van der Waals surface area contributed by atoms with Gasteiger partial charge in [0, 0.05) is 39.3 Å². The van der Waals surface area contributed by atoms with Gasteiger partial charge in [0.15, 0.2) is 0 Å². The summed E-state index contributed by atoms with van der Waals surface area (Å²) in [5, 5.41) is 10.3. The molecule has 110 valence electrons. The van der Waals surface area contributed by atoms with E-state index in [9.17, 15) is 0 Å². The monoisotopic (exact) mass is 289 g/mol. The molecule has 3 saturated heterocycles. The summed E-state index contributed by atoms with van der Waals surface area (Å²) in [5.74, 6) is 0.746. The van der Waals surface area contributed by atoms with Crippen LogP contribution in [0.4, 0.5) is 0 Å². The first-order valence-corrected chi connectivity index (χ1v) is 8.74. The molecule has 0 bridgehead atoms. The number of rotatable bonds is 3. The van der Waals surface area contributed by atoms with Crippen LogP contribution < -0.4 is 16.0 Å². The first-order chi connectivity index (χ1) is 9.45. The van der Waals surface area contributed by atoms with E-state index in [4.69, 9.17) is 14.2 Å². The Morgan fingerprint density at radius 3 is 1.26 bits per heavy atom. The van der Waals surface area contributed by atoms with Gasteiger partial charge in [0.25, 0.3) is 0 Å². The predicted molar refractivity (Wildman–Crippen MR) is 74.7 cm³/mol. The van der Waals surface area contributed by atoms with E-state index in [-0.39, 0.29) is 17.5 Å². The highest BCUT2D eigenvalue weighted by Gasteiger charge is 2.39. The molecule has 3 aliphatic rings. The lowest BCUT2D eigenvalue weighted by Crippen LogP contribution is -2.49. The summed E-state index contributed by atoms with van der Waals surface area (Å²) in [6, 6.07) is 0. The first-order valence-electron chi connectivity index (χ1n) is 7.19. The lowest BCUT2D eigenvalue weighted by atomic mass is 10.5. The van der Waals surface area contributed by atoms with Crippen LogP contribution in [0, 0.1) is 0 Å². The van der Waals surface area contributed by atoms with Gasteiger partial charge in [0.1, 0.15) is 0 Å². The van der Waals surface area contributed by atoms with E-state index in [2.05, 4.69) is 16.0 Å². The van der Waals surface area contributed by atoms with Gasteiger partial charge in [-0.1, -0.05) is 0 Å². The Bertz CT molecular complexity index is 224. The third-order valence-corrected chi connectivity index (χ3v) is 6.71. The molecule has 3 rings (SSSR count). The van der Waals surface area contributed by atoms with Gasteiger partial charge in [0.05, 0.1) is 37.4 Å². The average molecular weight is 289 g/mol. The minimum absolute atomic E-state index is 0.249. The molecule has 3 atom stereocenters. The van der Waals surface area contributed by atoms with Gasteiger partial charge in [-0.15, -0.1) is 0 Å². The molecule has 0 aromatic heterocycles. The lowest BCUT2D eigenvalue weighted by molar-refractivity contribution is 0.0356. The quantitative estimate of drug-likeness (QED) is 0.598. The van der Waals surface area contributed by atoms with Gasteiger partial charge in [-0.2, -0.15) is 0 Å². The van der Waals surface area contributed by atoms with E-state index in [1.807, 2.05) is 0 Å². The number of nitrogens with one attached hydrogen (secondary N) is 3. The van der Waals surface area contributed by atoms with Crippen molar-refractivity contribution < 1.29 is 14.2 Å². The van der Waals surface area contributed by atoms with Crippen LogP contribution in [-0.4, -0.2) is 76.6 Å². The van der Waals surface area contributed by atoms with Crippen molar-refractivity contribution in [2.24, 2.45) is 0 Å². The Labute approximate surface area is 115 Å². The highest BCUT2D eigenvalue weighted by Crippen LogP contribution is 2.52. The number of morpholine rings is 3. The molecule has 0 amide bonds. The number of ether oxygens (including phenoxy) is 3. The van der Waals surface area contributed by atoms with Crippen LogP contribution >= 0.6 is 7.92 Å². The van der Waals surface area contributed by atoms with Gasteiger partial charge in [-0.3, -0.25) is 0 Å². The van der Waals surface area contributed by atoms with Crippen LogP contribution in [0.1, 0.15) is 0 Å². The van der Waals surface area contributed by atoms with Crippen molar-refractivity contribution in [3.63, 3.8) is 0 Å². The zero-order chi connectivity index (χ0) is 12.9. The Balaban J connectivity index is 1.68. The molecule has 0 aliphatic carbocycles. The van der Waals surface area contributed by atoms with Crippen LogP contribution in [0.15, 0.2) is 0 Å². The normalized spacial score (nSPS) is 38.8. The number of hydrogen-bond donors (Lipinski definition) is 3. The second-order valence-electron chi connectivity index (χ2n) is 5.04. The minimum atomic E-state index is -0.469. The van der Waals surface area contributed by atoms with Gasteiger partial charge in [-0.05, 0) is 7.92 Å². The fourth-order valence-electron chi connectivity index (χ4n) is 2.79. The molecule has 0 spiro atoms. The molecule has 0 aromatic carbocycles. The molecule has 7 heteroatoms. The summed E-state index contributed by atoms with van der Waals surface area (Å²) in [7, 11) is -0.469. The van der Waals surface area contributed by atoms with Crippen LogP contribution in [0.25, 0.3) is 0 Å². The molecule has 3 fully saturated rings. The smallest absolute Gasteiger partial charge is 0.0940 e. The Morgan fingerprint density at radius 2 is 1.00 bits per heavy atom. The highest BCUT2D eigenvalue weighted by molar-refractivity contribution is 7.59. The summed E-state index contributed by atoms with van der Waals surface area (Å²) in [4.78, 5) is 0. The fourth-order valence-corrected chi connectivity index (χ4v) is 5.75. The van der Waals surface area contributed by atoms with Crippen LogP contribution in [0.5, 0.6) is 0 Å². The number of hydrogen-bond acceptors (Lipinski definition) is 6. The molecule has 0 saturated carbocycles. The van der Waals surface area contributed by atoms with Crippen molar-refractivity contribution in [3.05, 3.63) is 0 Å². The zero-order valence-corrected chi connectivity index (χ0v) is 12.2. The third kappa shape index (κ3) is 3.64. The largest absolute Gasteiger partial charge is 0.371 e. The maximum atomic E-state index is 6.00. The summed E-state index contributed by atoms with van der Waals surface area (Å²) in [6.45, 7) is 8.01. The van der Waals surface area contributed by atoms with E-state index >= 15 is 0 Å². The van der Waals surface area contributed by atoms with Gasteiger partial charge >= 0.3 is 0 Å². The molecule has 3 unspecified atom stereocenters. The average Bonchev–Trinajstić information content (AvgIpc) is 2.51. The molecule has 6 nitrogen and oxygen atoms in total. The third-order valence-electron chi connectivity index (χ3n) is 3.72. The van der Waals surface area contributed by atoms with Crippen molar-refractivity contribution >= 4 is 7.92 Å². The van der Waals surface area contributed by atoms with E-state index in [0.29, 0.717) is 0 Å². The van der Waals surface area contributed by atoms with E-state index in [1.165, 1.54) is 0 Å². The fraction of sp³-hybridized carbons (Fsp3) is 1.00. The first kappa shape index (κ1) is 14.1. The molecule has 3 heterocycles. The molecular weight excluding hydrogens is 265 g/mol. The Hall–Kier alpha value is 0.190. The maximum absolute atomic E-state index is 6.00. The minimum Gasteiger partial charge on any atom is -0.371 e. The second kappa shape index (κ2) is 7.27. The summed E-state index contributed by atoms with van der Waals surface area (Å²) in [6.07, 6.45) is 0. The molecule has 0 radical (unpaired) electrons. The Kier molecular flexibility index (Phi) is 5.41. The zero-order valence-electron chi connectivity index (χ0n) is 11.3. The van der Waals surface area contributed by atoms with E-state index in [0.717, 1.165) is 59.1 Å². The topological polar surface area (TPSA) is 63.8 Å². The van der Waals surface area contributed by atoms with Crippen LogP contribution in [0.2, 0.25) is 0 Å². The second-order valence-corrected chi connectivity index (χ2v) is 7.66. The highest BCUT2D eigenvalue weighted by atomic mass is 31.1. The van der Waals surface area contributed by atoms with Crippen molar-refractivity contribution in [2.75, 3.05) is 59.1 Å². The lowest BCUT2D eigenvalue weighted by Gasteiger charge is -2.43. The van der Waals surface area contributed by atoms with Gasteiger partial charge < -0.3 is 30.2 Å². The van der Waals surface area contributed by atoms with Crippen molar-refractivity contribution in [3.8, 4) is 0 Å². The summed E-state index contributed by atoms with van der Waals surface area (Å²) >= 11 is 0. The molecule has 3 N–H and O–H groups in total. The standard InChI is InChI=1S/C12H24N3O3P/c1-4-16-10(7-13-1)19(11-8-14-2-5-17-11)12-9-15-3-6-18-12/h10-15H,1-9H2. The van der Waals surface area contributed by atoms with Crippen molar-refractivity contribution in [1.29, 1.82) is 0 Å². The van der Waals surface area contributed by atoms with Gasteiger partial charge in [-0.25, -0.2) is 0 Å². The molecular formula is C12H24N3O3P. The molecule has 0 aromatic rings. The van der Waals surface area contributed by atoms with Crippen LogP contribution in [-0.2, 0) is 14.2 Å². The van der Waals surface area contributed by atoms with Crippen molar-refractivity contribution in [1.82, 2.24) is 16.0 Å². The molecule has 3 aliphatic heterocycles. The molecule has 19 heavy (non-hydrogen) atoms. The van der Waals surface area contributed by atoms with E-state index < -0.39 is 7.92 Å². The van der Waals surface area contributed by atoms with Crippen LogP contribution in [0.3, 0.4) is 0 Å². The van der Waals surface area contributed by atoms with Crippen molar-refractivity contribution in [2.45, 2.75) is 17.5 Å². The van der Waals surface area contributed by atoms with Gasteiger partial charge in [0.2, 0.25) is 0 Å². The Morgan fingerprint density at radius 1 is 0.632 bits per heavy atom. The summed E-state index contributed by atoms with van der Waals surface area (Å²) < 4.78 is 18.0. The van der Waals surface area contributed by atoms with E-state index in [1.54, 1.807) is 0 Å². The maximum Gasteiger partial charge on any atom is 0.0940 e. The predicted octanol–water partition coefficient (Wildman–Crippen LogP) is -0.694.